The van der Waals surface area contributed by atoms with Gasteiger partial charge in [0.1, 0.15) is 12.4 Å². The van der Waals surface area contributed by atoms with E-state index in [-0.39, 0.29) is 0 Å². The van der Waals surface area contributed by atoms with Crippen molar-refractivity contribution in [1.82, 2.24) is 14.7 Å². The van der Waals surface area contributed by atoms with Gasteiger partial charge in [0.15, 0.2) is 5.76 Å². The van der Waals surface area contributed by atoms with Crippen LogP contribution in [0.1, 0.15) is 11.5 Å². The minimum Gasteiger partial charge on any atom is -0.356 e. The number of hydrogen-bond donors (Lipinski definition) is 0. The van der Waals surface area contributed by atoms with Crippen LogP contribution in [0.4, 0.5) is 13.2 Å². The molecule has 3 aromatic rings. The maximum absolute atomic E-state index is 12.5. The highest BCUT2D eigenvalue weighted by Crippen LogP contribution is 2.24. The number of benzene rings is 1. The molecule has 0 amide bonds. The Balaban J connectivity index is 1.56. The van der Waals surface area contributed by atoms with Crippen LogP contribution < -0.4 is 0 Å². The predicted octanol–water partition coefficient (Wildman–Crippen LogP) is 4.53. The Morgan fingerprint density at radius 2 is 1.92 bits per heavy atom. The van der Waals surface area contributed by atoms with E-state index in [2.05, 4.69) is 10.1 Å². The lowest BCUT2D eigenvalue weighted by Gasteiger charge is -2.10. The topological polar surface area (TPSA) is 43.9 Å². The molecule has 0 atom stereocenters. The summed E-state index contributed by atoms with van der Waals surface area (Å²) in [5, 5.41) is 3.99. The number of aromatic nitrogens is 3. The van der Waals surface area contributed by atoms with Crippen LogP contribution in [0.5, 0.6) is 0 Å². The third-order valence-electron chi connectivity index (χ3n) is 3.25. The van der Waals surface area contributed by atoms with Crippen molar-refractivity contribution < 1.29 is 17.7 Å². The van der Waals surface area contributed by atoms with Crippen molar-refractivity contribution in [3.05, 3.63) is 60.3 Å². The van der Waals surface area contributed by atoms with Gasteiger partial charge < -0.3 is 9.09 Å². The molecule has 0 N–H and O–H groups in total. The lowest BCUT2D eigenvalue weighted by Crippen LogP contribution is -2.18. The number of rotatable bonds is 6. The molecule has 2 heterocycles. The summed E-state index contributed by atoms with van der Waals surface area (Å²) in [5.74, 6) is 1.97. The van der Waals surface area contributed by atoms with Crippen molar-refractivity contribution in [2.75, 3.05) is 0 Å². The van der Waals surface area contributed by atoms with E-state index in [1.54, 1.807) is 0 Å². The smallest absolute Gasteiger partial charge is 0.356 e. The number of thioether (sulfide) groups is 1. The van der Waals surface area contributed by atoms with E-state index in [9.17, 15) is 13.2 Å². The molecular weight excluding hydrogens is 339 g/mol. The lowest BCUT2D eigenvalue weighted by atomic mass is 10.2. The van der Waals surface area contributed by atoms with Gasteiger partial charge in [-0.1, -0.05) is 35.5 Å². The van der Waals surface area contributed by atoms with Gasteiger partial charge in [-0.3, -0.25) is 0 Å². The summed E-state index contributed by atoms with van der Waals surface area (Å²) in [7, 11) is 0. The molecule has 0 radical (unpaired) electrons. The SMILES string of the molecule is FC(F)(F)Cn1ccnc1CSCc1cc(-c2ccccc2)on1. The first-order chi connectivity index (χ1) is 11.5. The summed E-state index contributed by atoms with van der Waals surface area (Å²) in [6, 6.07) is 11.4. The van der Waals surface area contributed by atoms with E-state index in [4.69, 9.17) is 4.52 Å². The molecule has 0 fully saturated rings. The standard InChI is InChI=1S/C16H14F3N3OS/c17-16(18,19)11-22-7-6-20-15(22)10-24-9-13-8-14(23-21-13)12-4-2-1-3-5-12/h1-8H,9-11H2. The molecule has 2 aromatic heterocycles. The fourth-order valence-electron chi connectivity index (χ4n) is 2.18. The normalized spacial score (nSPS) is 11.8. The highest BCUT2D eigenvalue weighted by Gasteiger charge is 2.28. The Morgan fingerprint density at radius 1 is 1.12 bits per heavy atom. The van der Waals surface area contributed by atoms with Crippen LogP contribution in [0, 0.1) is 0 Å². The molecule has 24 heavy (non-hydrogen) atoms. The second-order valence-corrected chi connectivity index (χ2v) is 6.11. The van der Waals surface area contributed by atoms with Gasteiger partial charge in [-0.2, -0.15) is 13.2 Å². The Bertz CT molecular complexity index is 783. The minimum atomic E-state index is -4.25. The number of imidazole rings is 1. The highest BCUT2D eigenvalue weighted by atomic mass is 32.2. The number of hydrogen-bond acceptors (Lipinski definition) is 4. The lowest BCUT2D eigenvalue weighted by molar-refractivity contribution is -0.140. The van der Waals surface area contributed by atoms with E-state index in [0.29, 0.717) is 23.1 Å². The van der Waals surface area contributed by atoms with Crippen molar-refractivity contribution in [1.29, 1.82) is 0 Å². The average molecular weight is 353 g/mol. The van der Waals surface area contributed by atoms with E-state index in [0.717, 1.165) is 15.8 Å². The van der Waals surface area contributed by atoms with E-state index >= 15 is 0 Å². The predicted molar refractivity (Wildman–Crippen MR) is 85.2 cm³/mol. The van der Waals surface area contributed by atoms with Crippen LogP contribution >= 0.6 is 11.8 Å². The van der Waals surface area contributed by atoms with Crippen LogP contribution in [0.3, 0.4) is 0 Å². The second-order valence-electron chi connectivity index (χ2n) is 5.13. The molecule has 3 rings (SSSR count). The number of nitrogens with zero attached hydrogens (tertiary/aromatic N) is 3. The molecule has 0 aliphatic carbocycles. The van der Waals surface area contributed by atoms with Crippen molar-refractivity contribution in [2.24, 2.45) is 0 Å². The molecule has 0 saturated heterocycles. The molecule has 0 spiro atoms. The maximum Gasteiger partial charge on any atom is 0.406 e. The van der Waals surface area contributed by atoms with Crippen molar-refractivity contribution in [3.8, 4) is 11.3 Å². The summed E-state index contributed by atoms with van der Waals surface area (Å²) in [6.07, 6.45) is -1.53. The van der Waals surface area contributed by atoms with Crippen molar-refractivity contribution in [3.63, 3.8) is 0 Å². The Labute approximate surface area is 140 Å². The van der Waals surface area contributed by atoms with Crippen LogP contribution in [-0.2, 0) is 18.1 Å². The first-order valence-corrected chi connectivity index (χ1v) is 8.32. The zero-order chi connectivity index (χ0) is 17.0. The molecular formula is C16H14F3N3OS. The first-order valence-electron chi connectivity index (χ1n) is 7.17. The number of alkyl halides is 3. The fraction of sp³-hybridized carbons (Fsp3) is 0.250. The molecule has 0 aliphatic rings. The van der Waals surface area contributed by atoms with Gasteiger partial charge in [-0.05, 0) is 0 Å². The van der Waals surface area contributed by atoms with Gasteiger partial charge in [-0.15, -0.1) is 11.8 Å². The van der Waals surface area contributed by atoms with E-state index in [1.807, 2.05) is 36.4 Å². The minimum absolute atomic E-state index is 0.372. The van der Waals surface area contributed by atoms with E-state index < -0.39 is 12.7 Å². The number of halogens is 3. The summed E-state index contributed by atoms with van der Waals surface area (Å²) in [5.41, 5.74) is 1.68. The third kappa shape index (κ3) is 4.41. The Hall–Kier alpha value is -2.22. The molecule has 126 valence electrons. The maximum atomic E-state index is 12.5. The van der Waals surface area contributed by atoms with Gasteiger partial charge >= 0.3 is 6.18 Å². The monoisotopic (exact) mass is 353 g/mol. The Kier molecular flexibility index (Phi) is 4.94. The fourth-order valence-corrected chi connectivity index (χ4v) is 3.05. The quantitative estimate of drug-likeness (QED) is 0.653. The summed E-state index contributed by atoms with van der Waals surface area (Å²) in [6.45, 7) is -1.02. The molecule has 4 nitrogen and oxygen atoms in total. The largest absolute Gasteiger partial charge is 0.406 e. The summed E-state index contributed by atoms with van der Waals surface area (Å²) < 4.78 is 43.8. The average Bonchev–Trinajstić information content (AvgIpc) is 3.17. The van der Waals surface area contributed by atoms with Gasteiger partial charge in [0, 0.05) is 29.8 Å². The summed E-state index contributed by atoms with van der Waals surface area (Å²) in [4.78, 5) is 3.98. The molecule has 1 aromatic carbocycles. The zero-order valence-corrected chi connectivity index (χ0v) is 13.3. The van der Waals surface area contributed by atoms with Gasteiger partial charge in [-0.25, -0.2) is 4.98 Å². The van der Waals surface area contributed by atoms with Crippen LogP contribution in [0.2, 0.25) is 0 Å². The van der Waals surface area contributed by atoms with Crippen molar-refractivity contribution in [2.45, 2.75) is 24.2 Å². The Morgan fingerprint density at radius 3 is 2.67 bits per heavy atom. The third-order valence-corrected chi connectivity index (χ3v) is 4.21. The molecule has 0 saturated carbocycles. The van der Waals surface area contributed by atoms with Gasteiger partial charge in [0.05, 0.1) is 11.4 Å². The van der Waals surface area contributed by atoms with Crippen LogP contribution in [0.15, 0.2) is 53.3 Å². The first kappa shape index (κ1) is 16.6. The van der Waals surface area contributed by atoms with Crippen LogP contribution in [-0.4, -0.2) is 20.9 Å². The molecule has 0 bridgehead atoms. The molecule has 0 unspecified atom stereocenters. The highest BCUT2D eigenvalue weighted by molar-refractivity contribution is 7.97. The summed E-state index contributed by atoms with van der Waals surface area (Å²) >= 11 is 1.44. The van der Waals surface area contributed by atoms with Gasteiger partial charge in [0.2, 0.25) is 0 Å². The van der Waals surface area contributed by atoms with Gasteiger partial charge in [0.25, 0.3) is 0 Å². The molecule has 0 aliphatic heterocycles. The molecule has 8 heteroatoms. The zero-order valence-electron chi connectivity index (χ0n) is 12.5. The van der Waals surface area contributed by atoms with Crippen LogP contribution in [0.25, 0.3) is 11.3 Å². The van der Waals surface area contributed by atoms with Crippen molar-refractivity contribution >= 4 is 11.8 Å². The van der Waals surface area contributed by atoms with E-state index in [1.165, 1.54) is 24.2 Å². The second kappa shape index (κ2) is 7.12.